The summed E-state index contributed by atoms with van der Waals surface area (Å²) in [5.41, 5.74) is 1.79. The number of rotatable bonds is 3. The molecule has 2 aliphatic rings. The van der Waals surface area contributed by atoms with Gasteiger partial charge in [0.15, 0.2) is 0 Å². The Balaban J connectivity index is 1.59. The lowest BCUT2D eigenvalue weighted by Crippen LogP contribution is -2.53. The van der Waals surface area contributed by atoms with Gasteiger partial charge in [0.25, 0.3) is 5.91 Å². The van der Waals surface area contributed by atoms with Gasteiger partial charge in [-0.25, -0.2) is 4.79 Å². The molecule has 3 rings (SSSR count). The van der Waals surface area contributed by atoms with E-state index in [1.54, 1.807) is 17.2 Å². The van der Waals surface area contributed by atoms with Gasteiger partial charge in [-0.3, -0.25) is 9.48 Å². The van der Waals surface area contributed by atoms with Crippen molar-refractivity contribution in [3.63, 3.8) is 0 Å². The summed E-state index contributed by atoms with van der Waals surface area (Å²) in [6, 6.07) is -0.0973. The minimum atomic E-state index is -0.0973. The average Bonchev–Trinajstić information content (AvgIpc) is 3.03. The first-order valence-corrected chi connectivity index (χ1v) is 8.18. The number of hydrogen-bond acceptors (Lipinski definition) is 3. The molecule has 0 bridgehead atoms. The summed E-state index contributed by atoms with van der Waals surface area (Å²) in [7, 11) is 0. The van der Waals surface area contributed by atoms with Gasteiger partial charge < -0.3 is 15.1 Å². The van der Waals surface area contributed by atoms with Gasteiger partial charge in [0.1, 0.15) is 0 Å². The van der Waals surface area contributed by atoms with Crippen LogP contribution in [0.3, 0.4) is 0 Å². The Bertz CT molecular complexity index is 602. The lowest BCUT2D eigenvalue weighted by atomic mass is 10.1. The quantitative estimate of drug-likeness (QED) is 0.841. The van der Waals surface area contributed by atoms with Crippen molar-refractivity contribution in [2.24, 2.45) is 0 Å². The summed E-state index contributed by atoms with van der Waals surface area (Å²) in [5, 5.41) is 7.10. The monoisotopic (exact) mass is 317 g/mol. The van der Waals surface area contributed by atoms with Crippen molar-refractivity contribution in [2.75, 3.05) is 32.7 Å². The van der Waals surface area contributed by atoms with Crippen LogP contribution in [0.5, 0.6) is 0 Å². The number of piperazine rings is 1. The summed E-state index contributed by atoms with van der Waals surface area (Å²) in [6.07, 6.45) is 6.52. The Kier molecular flexibility index (Phi) is 4.64. The predicted molar refractivity (Wildman–Crippen MR) is 86.2 cm³/mol. The average molecular weight is 317 g/mol. The van der Waals surface area contributed by atoms with Crippen molar-refractivity contribution in [3.8, 4) is 0 Å². The maximum absolute atomic E-state index is 12.7. The summed E-state index contributed by atoms with van der Waals surface area (Å²) in [6.45, 7) is 7.17. The summed E-state index contributed by atoms with van der Waals surface area (Å²) in [4.78, 5) is 28.2. The second-order valence-electron chi connectivity index (χ2n) is 5.94. The van der Waals surface area contributed by atoms with Gasteiger partial charge in [-0.15, -0.1) is 6.58 Å². The SMILES string of the molecule is C=CCNC(=O)N1CCN(C(=O)c2cnn3c2CCCC3)CC1. The van der Waals surface area contributed by atoms with Gasteiger partial charge in [-0.05, 0) is 19.3 Å². The van der Waals surface area contributed by atoms with Gasteiger partial charge in [-0.2, -0.15) is 5.10 Å². The molecule has 1 aromatic heterocycles. The van der Waals surface area contributed by atoms with E-state index in [1.165, 1.54) is 0 Å². The van der Waals surface area contributed by atoms with Crippen LogP contribution < -0.4 is 5.32 Å². The first-order chi connectivity index (χ1) is 11.2. The third kappa shape index (κ3) is 3.23. The highest BCUT2D eigenvalue weighted by molar-refractivity contribution is 5.95. The first kappa shape index (κ1) is 15.6. The maximum Gasteiger partial charge on any atom is 0.317 e. The number of fused-ring (bicyclic) bond motifs is 1. The Morgan fingerprint density at radius 3 is 2.65 bits per heavy atom. The molecule has 0 spiro atoms. The molecule has 1 aromatic rings. The molecule has 0 aliphatic carbocycles. The van der Waals surface area contributed by atoms with Crippen LogP contribution in [-0.2, 0) is 13.0 Å². The van der Waals surface area contributed by atoms with E-state index < -0.39 is 0 Å². The molecule has 0 radical (unpaired) electrons. The van der Waals surface area contributed by atoms with Crippen LogP contribution in [0, 0.1) is 0 Å². The molecule has 3 amide bonds. The van der Waals surface area contributed by atoms with E-state index in [0.29, 0.717) is 32.7 Å². The number of nitrogens with one attached hydrogen (secondary N) is 1. The van der Waals surface area contributed by atoms with E-state index in [0.717, 1.165) is 37.1 Å². The lowest BCUT2D eigenvalue weighted by molar-refractivity contribution is 0.0664. The molecule has 2 aliphatic heterocycles. The van der Waals surface area contributed by atoms with Crippen LogP contribution in [0.15, 0.2) is 18.9 Å². The van der Waals surface area contributed by atoms with Gasteiger partial charge in [-0.1, -0.05) is 6.08 Å². The third-order valence-corrected chi connectivity index (χ3v) is 4.46. The number of urea groups is 1. The van der Waals surface area contributed by atoms with Crippen molar-refractivity contribution in [1.82, 2.24) is 24.9 Å². The molecule has 124 valence electrons. The van der Waals surface area contributed by atoms with E-state index in [9.17, 15) is 9.59 Å². The summed E-state index contributed by atoms with van der Waals surface area (Å²) >= 11 is 0. The van der Waals surface area contributed by atoms with Crippen molar-refractivity contribution >= 4 is 11.9 Å². The second kappa shape index (κ2) is 6.85. The first-order valence-electron chi connectivity index (χ1n) is 8.18. The fraction of sp³-hybridized carbons (Fsp3) is 0.562. The maximum atomic E-state index is 12.7. The normalized spacial score (nSPS) is 17.6. The van der Waals surface area contributed by atoms with Gasteiger partial charge in [0, 0.05) is 39.3 Å². The molecule has 0 unspecified atom stereocenters. The zero-order valence-corrected chi connectivity index (χ0v) is 13.3. The van der Waals surface area contributed by atoms with Crippen LogP contribution in [0.25, 0.3) is 0 Å². The van der Waals surface area contributed by atoms with Crippen molar-refractivity contribution in [1.29, 1.82) is 0 Å². The third-order valence-electron chi connectivity index (χ3n) is 4.46. The molecule has 1 N–H and O–H groups in total. The van der Waals surface area contributed by atoms with Crippen LogP contribution in [0.1, 0.15) is 28.9 Å². The Labute approximate surface area is 135 Å². The molecule has 0 aromatic carbocycles. The van der Waals surface area contributed by atoms with E-state index in [1.807, 2.05) is 9.58 Å². The van der Waals surface area contributed by atoms with Crippen LogP contribution >= 0.6 is 0 Å². The Hall–Kier alpha value is -2.31. The predicted octanol–water partition coefficient (Wildman–Crippen LogP) is 0.873. The number of aromatic nitrogens is 2. The minimum absolute atomic E-state index is 0.0410. The molecule has 0 saturated carbocycles. The van der Waals surface area contributed by atoms with Crippen molar-refractivity contribution in [2.45, 2.75) is 25.8 Å². The highest BCUT2D eigenvalue weighted by atomic mass is 16.2. The summed E-state index contributed by atoms with van der Waals surface area (Å²) in [5.74, 6) is 0.0410. The van der Waals surface area contributed by atoms with E-state index >= 15 is 0 Å². The van der Waals surface area contributed by atoms with E-state index in [2.05, 4.69) is 17.0 Å². The molecule has 1 saturated heterocycles. The van der Waals surface area contributed by atoms with E-state index in [4.69, 9.17) is 0 Å². The highest BCUT2D eigenvalue weighted by Crippen LogP contribution is 2.20. The van der Waals surface area contributed by atoms with Crippen molar-refractivity contribution < 1.29 is 9.59 Å². The minimum Gasteiger partial charge on any atom is -0.335 e. The number of hydrogen-bond donors (Lipinski definition) is 1. The van der Waals surface area contributed by atoms with Crippen LogP contribution in [-0.4, -0.2) is 64.2 Å². The summed E-state index contributed by atoms with van der Waals surface area (Å²) < 4.78 is 1.95. The molecule has 23 heavy (non-hydrogen) atoms. The Morgan fingerprint density at radius 2 is 1.91 bits per heavy atom. The van der Waals surface area contributed by atoms with Crippen molar-refractivity contribution in [3.05, 3.63) is 30.1 Å². The molecule has 3 heterocycles. The number of carbonyl (C=O) groups is 2. The van der Waals surface area contributed by atoms with Gasteiger partial charge in [0.2, 0.25) is 0 Å². The zero-order chi connectivity index (χ0) is 16.2. The second-order valence-corrected chi connectivity index (χ2v) is 5.94. The van der Waals surface area contributed by atoms with Gasteiger partial charge >= 0.3 is 6.03 Å². The van der Waals surface area contributed by atoms with E-state index in [-0.39, 0.29) is 11.9 Å². The van der Waals surface area contributed by atoms with Crippen LogP contribution in [0.2, 0.25) is 0 Å². The molecular weight excluding hydrogens is 294 g/mol. The molecular formula is C16H23N5O2. The largest absolute Gasteiger partial charge is 0.335 e. The standard InChI is InChI=1S/C16H23N5O2/c1-2-6-17-16(23)20-10-8-19(9-11-20)15(22)13-12-18-21-7-4-3-5-14(13)21/h2,12H,1,3-11H2,(H,17,23). The zero-order valence-electron chi connectivity index (χ0n) is 13.3. The number of amides is 3. The fourth-order valence-electron chi connectivity index (χ4n) is 3.15. The smallest absolute Gasteiger partial charge is 0.317 e. The van der Waals surface area contributed by atoms with Gasteiger partial charge in [0.05, 0.1) is 17.5 Å². The number of aryl methyl sites for hydroxylation is 1. The lowest BCUT2D eigenvalue weighted by Gasteiger charge is -2.34. The molecule has 0 atom stereocenters. The topological polar surface area (TPSA) is 70.5 Å². The molecule has 7 heteroatoms. The van der Waals surface area contributed by atoms with Crippen LogP contribution in [0.4, 0.5) is 4.79 Å². The fourth-order valence-corrected chi connectivity index (χ4v) is 3.15. The molecule has 7 nitrogen and oxygen atoms in total. The number of nitrogens with zero attached hydrogens (tertiary/aromatic N) is 4. The highest BCUT2D eigenvalue weighted by Gasteiger charge is 2.28. The molecule has 1 fully saturated rings. The number of carbonyl (C=O) groups excluding carboxylic acids is 2. The Morgan fingerprint density at radius 1 is 1.17 bits per heavy atom.